The van der Waals surface area contributed by atoms with E-state index in [9.17, 15) is 9.59 Å². The second kappa shape index (κ2) is 17.1. The number of rotatable bonds is 15. The second-order valence-corrected chi connectivity index (χ2v) is 21.3. The van der Waals surface area contributed by atoms with Gasteiger partial charge in [-0.15, -0.1) is 0 Å². The van der Waals surface area contributed by atoms with Crippen molar-refractivity contribution in [3.05, 3.63) is 102 Å². The van der Waals surface area contributed by atoms with Gasteiger partial charge in [-0.3, -0.25) is 5.32 Å². The summed E-state index contributed by atoms with van der Waals surface area (Å²) < 4.78 is 34.3. The highest BCUT2D eigenvalue weighted by Crippen LogP contribution is 2.38. The topological polar surface area (TPSA) is 103 Å². The number of fused-ring (bicyclic) bond motifs is 1. The number of hydrogen-bond acceptors (Lipinski definition) is 7. The van der Waals surface area contributed by atoms with Gasteiger partial charge in [0.1, 0.15) is 28.9 Å². The molecule has 0 spiro atoms. The van der Waals surface area contributed by atoms with Crippen molar-refractivity contribution < 1.29 is 32.4 Å². The van der Waals surface area contributed by atoms with Gasteiger partial charge >= 0.3 is 17.8 Å². The molecule has 4 aromatic rings. The Morgan fingerprint density at radius 2 is 1.63 bits per heavy atom. The first-order valence-corrected chi connectivity index (χ1v) is 21.9. The normalized spacial score (nSPS) is 14.3. The molecule has 54 heavy (non-hydrogen) atoms. The van der Waals surface area contributed by atoms with Gasteiger partial charge in [-0.1, -0.05) is 70.0 Å². The number of alkyl carbamates (subject to hydrolysis) is 1. The standard InChI is InChI=1S/C43H55FN4O5Si/c1-42(2,3)52-41(50)45-24-14-9-10-15-25-51-38-23-18-31(26-34(38)44)28-36-40(49)48-29-37(46-35(39(48)47-36)27-30-16-12-11-13-17-30)32-19-21-33(22-20-32)53-54(7,8)43(4,5)6/h11-13,16-23,26,29,36H,9-10,14-15,24-25,27-28H2,1-8H3,(H,45,50)/p+1. The van der Waals surface area contributed by atoms with Crippen LogP contribution in [0.1, 0.15) is 88.8 Å². The third kappa shape index (κ3) is 10.9. The zero-order valence-corrected chi connectivity index (χ0v) is 34.1. The molecule has 0 radical (unpaired) electrons. The Labute approximate surface area is 320 Å². The van der Waals surface area contributed by atoms with E-state index in [4.69, 9.17) is 18.9 Å². The number of hydrogen-bond donors (Lipinski definition) is 2. The molecule has 11 heteroatoms. The number of unbranched alkanes of at least 4 members (excludes halogenated alkanes) is 3. The van der Waals surface area contributed by atoms with E-state index in [0.717, 1.165) is 48.3 Å². The number of carbonyl (C=O) groups is 2. The number of anilines is 1. The Morgan fingerprint density at radius 3 is 2.30 bits per heavy atom. The fraction of sp³-hybridized carbons (Fsp3) is 0.442. The van der Waals surface area contributed by atoms with Crippen molar-refractivity contribution in [3.8, 4) is 22.8 Å². The summed E-state index contributed by atoms with van der Waals surface area (Å²) in [4.78, 5) is 30.7. The van der Waals surface area contributed by atoms with Gasteiger partial charge in [0, 0.05) is 24.9 Å². The van der Waals surface area contributed by atoms with Crippen LogP contribution in [-0.2, 0) is 17.6 Å². The largest absolute Gasteiger partial charge is 0.544 e. The van der Waals surface area contributed by atoms with Gasteiger partial charge in [0.2, 0.25) is 8.32 Å². The Morgan fingerprint density at radius 1 is 0.926 bits per heavy atom. The van der Waals surface area contributed by atoms with Crippen LogP contribution >= 0.6 is 0 Å². The molecule has 1 unspecified atom stereocenters. The van der Waals surface area contributed by atoms with E-state index >= 15 is 4.39 Å². The number of nitrogens with zero attached hydrogens (tertiary/aromatic N) is 2. The van der Waals surface area contributed by atoms with Crippen LogP contribution in [0.4, 0.5) is 15.0 Å². The third-order valence-electron chi connectivity index (χ3n) is 9.84. The quantitative estimate of drug-likeness (QED) is 0.0709. The van der Waals surface area contributed by atoms with Crippen LogP contribution in [-0.4, -0.2) is 50.1 Å². The van der Waals surface area contributed by atoms with Crippen LogP contribution in [0.5, 0.6) is 11.5 Å². The smallest absolute Gasteiger partial charge is 0.407 e. The zero-order chi connectivity index (χ0) is 39.1. The van der Waals surface area contributed by atoms with Crippen molar-refractivity contribution in [1.82, 2.24) is 10.3 Å². The second-order valence-electron chi connectivity index (χ2n) is 16.5. The van der Waals surface area contributed by atoms with Crippen molar-refractivity contribution in [1.29, 1.82) is 0 Å². The molecule has 0 aliphatic carbocycles. The first kappa shape index (κ1) is 40.4. The summed E-state index contributed by atoms with van der Waals surface area (Å²) >= 11 is 0. The molecule has 1 amide bonds. The third-order valence-corrected chi connectivity index (χ3v) is 14.2. The lowest BCUT2D eigenvalue weighted by molar-refractivity contribution is -0.552. The molecule has 1 aromatic heterocycles. The average molecular weight is 756 g/mol. The minimum Gasteiger partial charge on any atom is -0.544 e. The van der Waals surface area contributed by atoms with Crippen LogP contribution in [0.25, 0.3) is 11.3 Å². The summed E-state index contributed by atoms with van der Waals surface area (Å²) in [5, 5.41) is 6.25. The summed E-state index contributed by atoms with van der Waals surface area (Å²) in [5.41, 5.74) is 3.57. The highest BCUT2D eigenvalue weighted by molar-refractivity contribution is 6.74. The lowest BCUT2D eigenvalue weighted by Crippen LogP contribution is -2.44. The zero-order valence-electron chi connectivity index (χ0n) is 33.1. The molecule has 0 saturated carbocycles. The maximum absolute atomic E-state index is 15.2. The van der Waals surface area contributed by atoms with E-state index in [1.807, 2.05) is 81.4 Å². The van der Waals surface area contributed by atoms with Gasteiger partial charge in [-0.05, 0) is 99.3 Å². The SMILES string of the molecule is CC(C)(C)OC(=O)NCCCCCCOc1ccc(CC2Nc3c(Cc4ccccc4)nc(-c4ccc(O[Si](C)(C)C(C)(C)C)cc4)c[n+]3C2=O)cc1F. The summed E-state index contributed by atoms with van der Waals surface area (Å²) in [6.07, 6.45) is 5.60. The lowest BCUT2D eigenvalue weighted by atomic mass is 10.1. The number of ether oxygens (including phenoxy) is 2. The Kier molecular flexibility index (Phi) is 12.8. The maximum atomic E-state index is 15.2. The Hall–Kier alpha value is -4.77. The molecular weight excluding hydrogens is 700 g/mol. The molecule has 2 heterocycles. The van der Waals surface area contributed by atoms with Crippen LogP contribution in [0, 0.1) is 5.82 Å². The first-order valence-electron chi connectivity index (χ1n) is 19.0. The van der Waals surface area contributed by atoms with Gasteiger partial charge in [0.25, 0.3) is 0 Å². The molecule has 288 valence electrons. The van der Waals surface area contributed by atoms with Crippen LogP contribution in [0.2, 0.25) is 18.1 Å². The summed E-state index contributed by atoms with van der Waals surface area (Å²) in [5.74, 6) is 1.08. The fourth-order valence-corrected chi connectivity index (χ4v) is 6.93. The average Bonchev–Trinajstić information content (AvgIpc) is 3.40. The van der Waals surface area contributed by atoms with Crippen molar-refractivity contribution in [2.24, 2.45) is 0 Å². The molecule has 9 nitrogen and oxygen atoms in total. The van der Waals surface area contributed by atoms with Crippen molar-refractivity contribution in [2.75, 3.05) is 18.5 Å². The number of carbonyl (C=O) groups excluding carboxylic acids is 2. The molecule has 1 aliphatic heterocycles. The van der Waals surface area contributed by atoms with Crippen molar-refractivity contribution in [3.63, 3.8) is 0 Å². The molecule has 1 atom stereocenters. The van der Waals surface area contributed by atoms with E-state index < -0.39 is 31.9 Å². The van der Waals surface area contributed by atoms with Gasteiger partial charge in [0.05, 0.1) is 6.61 Å². The number of halogens is 1. The van der Waals surface area contributed by atoms with Crippen LogP contribution in [0.3, 0.4) is 0 Å². The molecule has 3 aromatic carbocycles. The molecule has 5 rings (SSSR count). The van der Waals surface area contributed by atoms with Crippen LogP contribution in [0.15, 0.2) is 79.0 Å². The van der Waals surface area contributed by atoms with E-state index in [0.29, 0.717) is 43.1 Å². The van der Waals surface area contributed by atoms with Crippen molar-refractivity contribution in [2.45, 2.75) is 110 Å². The molecule has 0 bridgehead atoms. The van der Waals surface area contributed by atoms with Gasteiger partial charge < -0.3 is 19.2 Å². The minimum atomic E-state index is -2.00. The summed E-state index contributed by atoms with van der Waals surface area (Å²) in [7, 11) is -2.00. The predicted octanol–water partition coefficient (Wildman–Crippen LogP) is 9.29. The lowest BCUT2D eigenvalue weighted by Gasteiger charge is -2.36. The maximum Gasteiger partial charge on any atom is 0.407 e. The van der Waals surface area contributed by atoms with E-state index in [1.54, 1.807) is 16.8 Å². The molecule has 0 fully saturated rings. The van der Waals surface area contributed by atoms with Gasteiger partial charge in [-0.2, -0.15) is 4.57 Å². The summed E-state index contributed by atoms with van der Waals surface area (Å²) in [6, 6.07) is 22.3. The highest BCUT2D eigenvalue weighted by Gasteiger charge is 2.41. The molecule has 0 saturated heterocycles. The first-order chi connectivity index (χ1) is 25.5. The minimum absolute atomic E-state index is 0.0774. The van der Waals surface area contributed by atoms with E-state index in [2.05, 4.69) is 44.5 Å². The molecule has 2 N–H and O–H groups in total. The molecule has 1 aliphatic rings. The highest BCUT2D eigenvalue weighted by atomic mass is 28.4. The van der Waals surface area contributed by atoms with Crippen molar-refractivity contribution >= 4 is 26.1 Å². The monoisotopic (exact) mass is 755 g/mol. The predicted molar refractivity (Wildman–Crippen MR) is 213 cm³/mol. The van der Waals surface area contributed by atoms with Crippen LogP contribution < -0.4 is 24.4 Å². The Bertz CT molecular complexity index is 1910. The number of nitrogens with one attached hydrogen (secondary N) is 2. The number of amides is 1. The summed E-state index contributed by atoms with van der Waals surface area (Å²) in [6.45, 7) is 17.5. The van der Waals surface area contributed by atoms with Gasteiger partial charge in [0.15, 0.2) is 17.6 Å². The van der Waals surface area contributed by atoms with E-state index in [-0.39, 0.29) is 16.7 Å². The Balaban J connectivity index is 1.21. The number of aromatic nitrogens is 2. The molecular formula is C43H56FN4O5Si+. The fourth-order valence-electron chi connectivity index (χ4n) is 5.90. The van der Waals surface area contributed by atoms with E-state index in [1.165, 1.54) is 6.07 Å². The van der Waals surface area contributed by atoms with Gasteiger partial charge in [-0.25, -0.2) is 19.0 Å². The number of benzene rings is 3.